The zero-order chi connectivity index (χ0) is 16.9. The van der Waals surface area contributed by atoms with Gasteiger partial charge in [0.15, 0.2) is 11.5 Å². The second-order valence-electron chi connectivity index (χ2n) is 5.51. The lowest BCUT2D eigenvalue weighted by atomic mass is 10.1. The molecular formula is C15H21NO5S. The van der Waals surface area contributed by atoms with Gasteiger partial charge in [0.1, 0.15) is 0 Å². The molecule has 7 heteroatoms. The Labute approximate surface area is 134 Å². The third-order valence-electron chi connectivity index (χ3n) is 2.64. The van der Waals surface area contributed by atoms with Crippen molar-refractivity contribution in [1.82, 2.24) is 0 Å². The van der Waals surface area contributed by atoms with E-state index in [0.717, 1.165) is 0 Å². The summed E-state index contributed by atoms with van der Waals surface area (Å²) < 4.78 is 10.3. The van der Waals surface area contributed by atoms with Gasteiger partial charge < -0.3 is 19.9 Å². The maximum atomic E-state index is 12.0. The Morgan fingerprint density at radius 1 is 1.23 bits per heavy atom. The van der Waals surface area contributed by atoms with Crippen LogP contribution in [0.2, 0.25) is 0 Å². The lowest BCUT2D eigenvalue weighted by Gasteiger charge is -2.18. The number of anilines is 1. The van der Waals surface area contributed by atoms with Crippen LogP contribution in [-0.2, 0) is 4.79 Å². The molecule has 0 atom stereocenters. The fraction of sp³-hybridized carbons (Fsp3) is 0.467. The highest BCUT2D eigenvalue weighted by Gasteiger charge is 2.19. The maximum Gasteiger partial charge on any atom is 0.335 e. The Morgan fingerprint density at radius 3 is 2.32 bits per heavy atom. The van der Waals surface area contributed by atoms with Crippen molar-refractivity contribution < 1.29 is 24.2 Å². The highest BCUT2D eigenvalue weighted by molar-refractivity contribution is 8.01. The minimum atomic E-state index is -1.11. The number of carboxylic acids is 1. The second kappa shape index (κ2) is 7.40. The van der Waals surface area contributed by atoms with Crippen molar-refractivity contribution in [2.75, 3.05) is 25.3 Å². The van der Waals surface area contributed by atoms with Crippen LogP contribution >= 0.6 is 11.8 Å². The van der Waals surface area contributed by atoms with Gasteiger partial charge in [-0.05, 0) is 12.1 Å². The van der Waals surface area contributed by atoms with Gasteiger partial charge in [-0.1, -0.05) is 20.8 Å². The summed E-state index contributed by atoms with van der Waals surface area (Å²) in [5.74, 6) is -0.544. The molecule has 0 bridgehead atoms. The molecule has 22 heavy (non-hydrogen) atoms. The number of ether oxygens (including phenoxy) is 2. The van der Waals surface area contributed by atoms with Gasteiger partial charge in [0, 0.05) is 4.75 Å². The number of hydrogen-bond donors (Lipinski definition) is 2. The minimum absolute atomic E-state index is 0.0106. The van der Waals surface area contributed by atoms with Gasteiger partial charge in [0.25, 0.3) is 0 Å². The van der Waals surface area contributed by atoms with Crippen LogP contribution < -0.4 is 14.8 Å². The normalized spacial score (nSPS) is 11.0. The number of carboxylic acid groups (broad SMARTS) is 1. The highest BCUT2D eigenvalue weighted by Crippen LogP contribution is 2.37. The van der Waals surface area contributed by atoms with Crippen LogP contribution in [0.15, 0.2) is 12.1 Å². The van der Waals surface area contributed by atoms with Crippen LogP contribution in [-0.4, -0.2) is 41.7 Å². The van der Waals surface area contributed by atoms with Gasteiger partial charge in [-0.25, -0.2) is 4.79 Å². The lowest BCUT2D eigenvalue weighted by molar-refractivity contribution is -0.113. The van der Waals surface area contributed by atoms with E-state index < -0.39 is 5.97 Å². The van der Waals surface area contributed by atoms with E-state index in [1.165, 1.54) is 38.1 Å². The number of amides is 1. The molecule has 1 aromatic carbocycles. The Kier molecular flexibility index (Phi) is 6.11. The summed E-state index contributed by atoms with van der Waals surface area (Å²) in [4.78, 5) is 23.2. The molecule has 1 amide bonds. The zero-order valence-corrected chi connectivity index (χ0v) is 14.2. The van der Waals surface area contributed by atoms with Crippen molar-refractivity contribution in [3.8, 4) is 11.5 Å². The molecule has 0 spiro atoms. The summed E-state index contributed by atoms with van der Waals surface area (Å²) in [5, 5.41) is 11.8. The standard InChI is InChI=1S/C15H21NO5S/c1-15(2,3)22-8-12(17)16-10-6-9(14(18)19)7-11(20-4)13(10)21-5/h6-7H,8H2,1-5H3,(H,16,17)(H,18,19). The predicted octanol–water partition coefficient (Wildman–Crippen LogP) is 2.87. The van der Waals surface area contributed by atoms with E-state index in [-0.39, 0.29) is 33.4 Å². The third-order valence-corrected chi connectivity index (χ3v) is 3.91. The molecule has 0 heterocycles. The molecule has 0 aromatic heterocycles. The molecule has 0 saturated heterocycles. The van der Waals surface area contributed by atoms with E-state index in [2.05, 4.69) is 5.32 Å². The number of methoxy groups -OCH3 is 2. The number of aromatic carboxylic acids is 1. The van der Waals surface area contributed by atoms with Crippen molar-refractivity contribution in [1.29, 1.82) is 0 Å². The molecule has 0 unspecified atom stereocenters. The monoisotopic (exact) mass is 327 g/mol. The van der Waals surface area contributed by atoms with E-state index in [4.69, 9.17) is 14.6 Å². The van der Waals surface area contributed by atoms with Gasteiger partial charge in [0.05, 0.1) is 31.2 Å². The Hall–Kier alpha value is -1.89. The van der Waals surface area contributed by atoms with Crippen molar-refractivity contribution in [2.45, 2.75) is 25.5 Å². The first-order valence-corrected chi connectivity index (χ1v) is 7.59. The predicted molar refractivity (Wildman–Crippen MR) is 87.3 cm³/mol. The molecule has 0 fully saturated rings. The average Bonchev–Trinajstić information content (AvgIpc) is 2.43. The van der Waals surface area contributed by atoms with Crippen molar-refractivity contribution in [3.05, 3.63) is 17.7 Å². The van der Waals surface area contributed by atoms with Crippen LogP contribution in [0.1, 0.15) is 31.1 Å². The third kappa shape index (κ3) is 5.14. The number of nitrogens with one attached hydrogen (secondary N) is 1. The van der Waals surface area contributed by atoms with E-state index in [1.807, 2.05) is 20.8 Å². The fourth-order valence-electron chi connectivity index (χ4n) is 1.65. The number of carbonyl (C=O) groups is 2. The molecule has 122 valence electrons. The summed E-state index contributed by atoms with van der Waals surface area (Å²) in [7, 11) is 2.84. The molecule has 0 aliphatic rings. The van der Waals surface area contributed by atoms with Gasteiger partial charge in [-0.2, -0.15) is 0 Å². The number of benzene rings is 1. The van der Waals surface area contributed by atoms with E-state index in [1.54, 1.807) is 0 Å². The average molecular weight is 327 g/mol. The number of rotatable bonds is 6. The van der Waals surface area contributed by atoms with Crippen LogP contribution in [0, 0.1) is 0 Å². The van der Waals surface area contributed by atoms with E-state index in [9.17, 15) is 9.59 Å². The smallest absolute Gasteiger partial charge is 0.335 e. The number of carbonyl (C=O) groups excluding carboxylic acids is 1. The largest absolute Gasteiger partial charge is 0.493 e. The highest BCUT2D eigenvalue weighted by atomic mass is 32.2. The molecule has 0 aliphatic carbocycles. The Morgan fingerprint density at radius 2 is 1.86 bits per heavy atom. The molecule has 1 aromatic rings. The maximum absolute atomic E-state index is 12.0. The Balaban J connectivity index is 3.03. The van der Waals surface area contributed by atoms with Gasteiger partial charge in [-0.15, -0.1) is 11.8 Å². The first-order chi connectivity index (χ1) is 10.2. The van der Waals surface area contributed by atoms with Gasteiger partial charge in [-0.3, -0.25) is 4.79 Å². The van der Waals surface area contributed by atoms with Crippen molar-refractivity contribution in [2.24, 2.45) is 0 Å². The zero-order valence-electron chi connectivity index (χ0n) is 13.4. The molecule has 0 aliphatic heterocycles. The molecule has 6 nitrogen and oxygen atoms in total. The fourth-order valence-corrected chi connectivity index (χ4v) is 2.29. The Bertz CT molecular complexity index is 566. The van der Waals surface area contributed by atoms with E-state index >= 15 is 0 Å². The van der Waals surface area contributed by atoms with Crippen LogP contribution in [0.25, 0.3) is 0 Å². The molecule has 0 saturated carbocycles. The van der Waals surface area contributed by atoms with Crippen LogP contribution in [0.3, 0.4) is 0 Å². The molecular weight excluding hydrogens is 306 g/mol. The summed E-state index contributed by atoms with van der Waals surface area (Å²) in [6.45, 7) is 6.04. The lowest BCUT2D eigenvalue weighted by Crippen LogP contribution is -2.19. The summed E-state index contributed by atoms with van der Waals surface area (Å²) >= 11 is 1.49. The molecule has 1 rings (SSSR count). The quantitative estimate of drug-likeness (QED) is 0.836. The van der Waals surface area contributed by atoms with Gasteiger partial charge in [0.2, 0.25) is 5.91 Å². The SMILES string of the molecule is COc1cc(C(=O)O)cc(NC(=O)CSC(C)(C)C)c1OC. The van der Waals surface area contributed by atoms with E-state index in [0.29, 0.717) is 5.75 Å². The first-order valence-electron chi connectivity index (χ1n) is 6.61. The summed E-state index contributed by atoms with van der Waals surface area (Å²) in [5.41, 5.74) is 0.287. The number of hydrogen-bond acceptors (Lipinski definition) is 5. The second-order valence-corrected chi connectivity index (χ2v) is 7.32. The van der Waals surface area contributed by atoms with Crippen molar-refractivity contribution >= 4 is 29.3 Å². The first kappa shape index (κ1) is 18.2. The van der Waals surface area contributed by atoms with Crippen LogP contribution in [0.4, 0.5) is 5.69 Å². The number of thioether (sulfide) groups is 1. The molecule has 0 radical (unpaired) electrons. The summed E-state index contributed by atoms with van der Waals surface area (Å²) in [6, 6.07) is 2.70. The van der Waals surface area contributed by atoms with Crippen molar-refractivity contribution in [3.63, 3.8) is 0 Å². The van der Waals surface area contributed by atoms with Gasteiger partial charge >= 0.3 is 5.97 Å². The van der Waals surface area contributed by atoms with Crippen LogP contribution in [0.5, 0.6) is 11.5 Å². The topological polar surface area (TPSA) is 84.9 Å². The summed E-state index contributed by atoms with van der Waals surface area (Å²) in [6.07, 6.45) is 0. The molecule has 2 N–H and O–H groups in total. The minimum Gasteiger partial charge on any atom is -0.493 e.